The molecule has 3 aromatic rings. The van der Waals surface area contributed by atoms with Crippen molar-refractivity contribution in [3.05, 3.63) is 71.3 Å². The van der Waals surface area contributed by atoms with Crippen molar-refractivity contribution >= 4 is 5.82 Å². The molecule has 3 rings (SSSR count). The van der Waals surface area contributed by atoms with E-state index in [4.69, 9.17) is 5.73 Å². The summed E-state index contributed by atoms with van der Waals surface area (Å²) in [4.78, 5) is 4.28. The van der Waals surface area contributed by atoms with Gasteiger partial charge in [-0.3, -0.25) is 0 Å². The molecule has 0 saturated heterocycles. The molecule has 2 aromatic carbocycles. The quantitative estimate of drug-likeness (QED) is 0.680. The number of halogens is 2. The fourth-order valence-corrected chi connectivity index (χ4v) is 3.03. The number of aromatic nitrogens is 1. The zero-order chi connectivity index (χ0) is 19.6. The maximum absolute atomic E-state index is 14.3. The van der Waals surface area contributed by atoms with Crippen LogP contribution >= 0.6 is 0 Å². The van der Waals surface area contributed by atoms with Crippen LogP contribution in [0.5, 0.6) is 0 Å². The molecule has 0 saturated carbocycles. The van der Waals surface area contributed by atoms with Crippen LogP contribution in [0.3, 0.4) is 0 Å². The third-order valence-electron chi connectivity index (χ3n) is 4.27. The zero-order valence-corrected chi connectivity index (χ0v) is 15.1. The Kier molecular flexibility index (Phi) is 5.18. The predicted octanol–water partition coefficient (Wildman–Crippen LogP) is 5.35. The zero-order valence-electron chi connectivity index (χ0n) is 15.1. The van der Waals surface area contributed by atoms with E-state index in [0.29, 0.717) is 11.6 Å². The second kappa shape index (κ2) is 7.55. The Balaban J connectivity index is 2.12. The summed E-state index contributed by atoms with van der Waals surface area (Å²) in [5.74, 6) is -0.691. The number of pyridine rings is 1. The highest BCUT2D eigenvalue weighted by Crippen LogP contribution is 2.33. The number of nitrogens with zero attached hydrogens (tertiary/aromatic N) is 2. The summed E-state index contributed by atoms with van der Waals surface area (Å²) in [5, 5.41) is 9.42. The van der Waals surface area contributed by atoms with Gasteiger partial charge in [-0.15, -0.1) is 0 Å². The monoisotopic (exact) mass is 363 g/mol. The van der Waals surface area contributed by atoms with Gasteiger partial charge in [0.1, 0.15) is 29.1 Å². The maximum Gasteiger partial charge on any atom is 0.142 e. The van der Waals surface area contributed by atoms with Gasteiger partial charge < -0.3 is 5.73 Å². The Morgan fingerprint density at radius 2 is 1.74 bits per heavy atom. The van der Waals surface area contributed by atoms with Crippen LogP contribution in [0.1, 0.15) is 25.0 Å². The average Bonchev–Trinajstić information content (AvgIpc) is 2.63. The van der Waals surface area contributed by atoms with Crippen molar-refractivity contribution in [3.8, 4) is 28.5 Å². The smallest absolute Gasteiger partial charge is 0.142 e. The van der Waals surface area contributed by atoms with Gasteiger partial charge in [0, 0.05) is 16.7 Å². The van der Waals surface area contributed by atoms with E-state index < -0.39 is 11.6 Å². The molecule has 136 valence electrons. The molecule has 1 aromatic heterocycles. The second-order valence-corrected chi connectivity index (χ2v) is 6.85. The number of hydrogen-bond acceptors (Lipinski definition) is 3. The average molecular weight is 363 g/mol. The highest BCUT2D eigenvalue weighted by atomic mass is 19.1. The lowest BCUT2D eigenvalue weighted by Gasteiger charge is -2.12. The molecular formula is C22H19F2N3. The lowest BCUT2D eigenvalue weighted by molar-refractivity contribution is 0.603. The Morgan fingerprint density at radius 1 is 1.04 bits per heavy atom. The van der Waals surface area contributed by atoms with Crippen molar-refractivity contribution in [1.29, 1.82) is 5.26 Å². The maximum atomic E-state index is 14.3. The third-order valence-corrected chi connectivity index (χ3v) is 4.27. The van der Waals surface area contributed by atoms with Crippen molar-refractivity contribution in [1.82, 2.24) is 4.98 Å². The van der Waals surface area contributed by atoms with Gasteiger partial charge in [-0.2, -0.15) is 5.26 Å². The predicted molar refractivity (Wildman–Crippen MR) is 103 cm³/mol. The lowest BCUT2D eigenvalue weighted by Crippen LogP contribution is -2.01. The van der Waals surface area contributed by atoms with Crippen molar-refractivity contribution in [2.24, 2.45) is 5.92 Å². The molecule has 0 radical (unpaired) electrons. The van der Waals surface area contributed by atoms with E-state index in [9.17, 15) is 14.0 Å². The number of nitrogens with two attached hydrogens (primary N) is 1. The molecule has 0 unspecified atom stereocenters. The summed E-state index contributed by atoms with van der Waals surface area (Å²) in [6.07, 6.45) is 0.961. The molecule has 0 aliphatic rings. The van der Waals surface area contributed by atoms with Gasteiger partial charge >= 0.3 is 0 Å². The van der Waals surface area contributed by atoms with Crippen molar-refractivity contribution in [3.63, 3.8) is 0 Å². The van der Waals surface area contributed by atoms with Crippen LogP contribution in [0.15, 0.2) is 48.5 Å². The summed E-state index contributed by atoms with van der Waals surface area (Å²) >= 11 is 0. The second-order valence-electron chi connectivity index (χ2n) is 6.85. The minimum absolute atomic E-state index is 0.0140. The highest BCUT2D eigenvalue weighted by Gasteiger charge is 2.17. The van der Waals surface area contributed by atoms with E-state index in [2.05, 4.69) is 18.8 Å². The van der Waals surface area contributed by atoms with Crippen molar-refractivity contribution < 1.29 is 8.78 Å². The van der Waals surface area contributed by atoms with E-state index >= 15 is 0 Å². The standard InChI is InChI=1S/C22H19F2N3/c1-13(2)9-14-3-5-15(6-4-14)21-11-17(19(12-25)22(26)27-21)18-10-16(23)7-8-20(18)24/h3-8,10-11,13H,9H2,1-2H3,(H2,26,27). The highest BCUT2D eigenvalue weighted by molar-refractivity contribution is 5.80. The van der Waals surface area contributed by atoms with E-state index in [0.717, 1.165) is 30.2 Å². The van der Waals surface area contributed by atoms with Gasteiger partial charge in [-0.25, -0.2) is 13.8 Å². The normalized spacial score (nSPS) is 10.8. The lowest BCUT2D eigenvalue weighted by atomic mass is 9.96. The van der Waals surface area contributed by atoms with Gasteiger partial charge in [0.15, 0.2) is 0 Å². The molecule has 2 N–H and O–H groups in total. The third kappa shape index (κ3) is 3.95. The molecule has 0 spiro atoms. The first-order chi connectivity index (χ1) is 12.9. The topological polar surface area (TPSA) is 62.7 Å². The van der Waals surface area contributed by atoms with Crippen molar-refractivity contribution in [2.45, 2.75) is 20.3 Å². The van der Waals surface area contributed by atoms with Crippen LogP contribution in [0.4, 0.5) is 14.6 Å². The number of nitriles is 1. The van der Waals surface area contributed by atoms with Crippen LogP contribution in [0.2, 0.25) is 0 Å². The van der Waals surface area contributed by atoms with Gasteiger partial charge in [0.25, 0.3) is 0 Å². The SMILES string of the molecule is CC(C)Cc1ccc(-c2cc(-c3cc(F)ccc3F)c(C#N)c(N)n2)cc1. The molecule has 3 nitrogen and oxygen atoms in total. The Bertz CT molecular complexity index is 1020. The van der Waals surface area contributed by atoms with Crippen LogP contribution < -0.4 is 5.73 Å². The van der Waals surface area contributed by atoms with Gasteiger partial charge in [-0.05, 0) is 42.2 Å². The first kappa shape index (κ1) is 18.5. The summed E-state index contributed by atoms with van der Waals surface area (Å²) in [5.41, 5.74) is 8.67. The van der Waals surface area contributed by atoms with E-state index in [1.807, 2.05) is 30.3 Å². The fourth-order valence-electron chi connectivity index (χ4n) is 3.03. The Hall–Kier alpha value is -3.26. The largest absolute Gasteiger partial charge is 0.383 e. The molecule has 27 heavy (non-hydrogen) atoms. The van der Waals surface area contributed by atoms with Crippen LogP contribution in [-0.2, 0) is 6.42 Å². The van der Waals surface area contributed by atoms with Gasteiger partial charge in [0.05, 0.1) is 5.69 Å². The first-order valence-corrected chi connectivity index (χ1v) is 8.64. The fraction of sp³-hybridized carbons (Fsp3) is 0.182. The Labute approximate surface area is 157 Å². The van der Waals surface area contributed by atoms with Crippen LogP contribution in [-0.4, -0.2) is 4.98 Å². The Morgan fingerprint density at radius 3 is 2.37 bits per heavy atom. The summed E-state index contributed by atoms with van der Waals surface area (Å²) in [6.45, 7) is 4.30. The first-order valence-electron chi connectivity index (χ1n) is 8.64. The molecule has 0 fully saturated rings. The van der Waals surface area contributed by atoms with Crippen molar-refractivity contribution in [2.75, 3.05) is 5.73 Å². The number of anilines is 1. The number of nitrogen functional groups attached to an aromatic ring is 1. The van der Waals surface area contributed by atoms with Gasteiger partial charge in [0.2, 0.25) is 0 Å². The number of hydrogen-bond donors (Lipinski definition) is 1. The molecule has 5 heteroatoms. The molecule has 0 bridgehead atoms. The van der Waals surface area contributed by atoms with Gasteiger partial charge in [-0.1, -0.05) is 38.1 Å². The summed E-state index contributed by atoms with van der Waals surface area (Å²) < 4.78 is 27.9. The van der Waals surface area contributed by atoms with E-state index in [-0.39, 0.29) is 22.5 Å². The van der Waals surface area contributed by atoms with E-state index in [1.54, 1.807) is 6.07 Å². The molecular weight excluding hydrogens is 344 g/mol. The molecule has 0 atom stereocenters. The summed E-state index contributed by atoms with van der Waals surface area (Å²) in [6, 6.07) is 14.5. The minimum atomic E-state index is -0.628. The van der Waals surface area contributed by atoms with E-state index in [1.165, 1.54) is 5.56 Å². The molecule has 0 aliphatic carbocycles. The minimum Gasteiger partial charge on any atom is -0.383 e. The number of benzene rings is 2. The van der Waals surface area contributed by atoms with Crippen LogP contribution in [0.25, 0.3) is 22.4 Å². The summed E-state index contributed by atoms with van der Waals surface area (Å²) in [7, 11) is 0. The molecule has 1 heterocycles. The molecule has 0 aliphatic heterocycles. The number of rotatable bonds is 4. The van der Waals surface area contributed by atoms with Crippen LogP contribution in [0, 0.1) is 28.9 Å². The molecule has 0 amide bonds.